The summed E-state index contributed by atoms with van der Waals surface area (Å²) in [5, 5.41) is 13.6. The third-order valence-electron chi connectivity index (χ3n) is 5.91. The van der Waals surface area contributed by atoms with Gasteiger partial charge in [0.15, 0.2) is 0 Å². The van der Waals surface area contributed by atoms with Crippen molar-refractivity contribution < 1.29 is 5.11 Å². The van der Waals surface area contributed by atoms with Gasteiger partial charge in [0, 0.05) is 25.2 Å². The third-order valence-corrected chi connectivity index (χ3v) is 5.91. The summed E-state index contributed by atoms with van der Waals surface area (Å²) in [6, 6.07) is 1.54. The molecule has 4 nitrogen and oxygen atoms in total. The average Bonchev–Trinajstić information content (AvgIpc) is 3.22. The Hall–Kier alpha value is -0.160. The van der Waals surface area contributed by atoms with Crippen molar-refractivity contribution in [1.29, 1.82) is 0 Å². The van der Waals surface area contributed by atoms with Crippen molar-refractivity contribution >= 4 is 0 Å². The number of likely N-dealkylation sites (N-methyl/N-ethyl adjacent to an activating group) is 2. The molecule has 2 heterocycles. The minimum absolute atomic E-state index is 0.0447. The maximum atomic E-state index is 10.0. The maximum absolute atomic E-state index is 10.0. The van der Waals surface area contributed by atoms with Gasteiger partial charge in [-0.15, -0.1) is 0 Å². The predicted molar refractivity (Wildman–Crippen MR) is 81.8 cm³/mol. The number of rotatable bonds is 6. The minimum Gasteiger partial charge on any atom is -0.394 e. The topological polar surface area (TPSA) is 38.7 Å². The Labute approximate surface area is 123 Å². The van der Waals surface area contributed by atoms with E-state index in [9.17, 15) is 5.11 Å². The van der Waals surface area contributed by atoms with Crippen LogP contribution in [0.25, 0.3) is 0 Å². The van der Waals surface area contributed by atoms with Gasteiger partial charge in [0.05, 0.1) is 12.1 Å². The molecule has 2 aliphatic heterocycles. The summed E-state index contributed by atoms with van der Waals surface area (Å²) < 4.78 is 0. The average molecular weight is 281 g/mol. The van der Waals surface area contributed by atoms with E-state index in [0.29, 0.717) is 5.92 Å². The SMILES string of the molecule is CCNC(CO)(CN1CCC2CCC(C1)N2C)C1CC1. The third kappa shape index (κ3) is 2.76. The fraction of sp³-hybridized carbons (Fsp3) is 1.00. The Morgan fingerprint density at radius 1 is 1.15 bits per heavy atom. The second-order valence-corrected chi connectivity index (χ2v) is 7.19. The molecule has 3 fully saturated rings. The van der Waals surface area contributed by atoms with E-state index in [1.54, 1.807) is 0 Å². The van der Waals surface area contributed by atoms with E-state index < -0.39 is 0 Å². The van der Waals surface area contributed by atoms with E-state index in [0.717, 1.165) is 25.2 Å². The molecule has 0 radical (unpaired) electrons. The van der Waals surface area contributed by atoms with Crippen molar-refractivity contribution in [3.8, 4) is 0 Å². The van der Waals surface area contributed by atoms with Gasteiger partial charge in [-0.2, -0.15) is 0 Å². The molecule has 1 saturated carbocycles. The van der Waals surface area contributed by atoms with Crippen molar-refractivity contribution in [2.45, 2.75) is 56.7 Å². The molecule has 20 heavy (non-hydrogen) atoms. The van der Waals surface area contributed by atoms with Gasteiger partial charge in [-0.05, 0) is 58.2 Å². The Balaban J connectivity index is 1.66. The van der Waals surface area contributed by atoms with Crippen molar-refractivity contribution in [2.24, 2.45) is 5.92 Å². The fourth-order valence-corrected chi connectivity index (χ4v) is 4.47. The Bertz CT molecular complexity index is 334. The summed E-state index contributed by atoms with van der Waals surface area (Å²) in [7, 11) is 2.30. The van der Waals surface area contributed by atoms with Gasteiger partial charge in [-0.3, -0.25) is 9.80 Å². The highest BCUT2D eigenvalue weighted by Gasteiger charge is 2.46. The van der Waals surface area contributed by atoms with Crippen LogP contribution in [-0.4, -0.2) is 72.4 Å². The highest BCUT2D eigenvalue weighted by Crippen LogP contribution is 2.40. The first-order chi connectivity index (χ1) is 9.68. The van der Waals surface area contributed by atoms with Crippen LogP contribution >= 0.6 is 0 Å². The van der Waals surface area contributed by atoms with Gasteiger partial charge in [0.2, 0.25) is 0 Å². The summed E-state index contributed by atoms with van der Waals surface area (Å²) in [4.78, 5) is 5.22. The standard InChI is InChI=1S/C16H31N3O/c1-3-17-16(12-20,13-4-5-13)11-19-9-8-14-6-7-15(10-19)18(14)2/h13-15,17,20H,3-12H2,1-2H3. The van der Waals surface area contributed by atoms with Crippen LogP contribution in [0, 0.1) is 5.92 Å². The quantitative estimate of drug-likeness (QED) is 0.759. The van der Waals surface area contributed by atoms with E-state index in [2.05, 4.69) is 29.1 Å². The van der Waals surface area contributed by atoms with Crippen LogP contribution in [0.4, 0.5) is 0 Å². The van der Waals surface area contributed by atoms with Crippen LogP contribution in [-0.2, 0) is 0 Å². The number of hydrogen-bond acceptors (Lipinski definition) is 4. The summed E-state index contributed by atoms with van der Waals surface area (Å²) in [5.74, 6) is 0.686. The summed E-state index contributed by atoms with van der Waals surface area (Å²) in [5.41, 5.74) is -0.0447. The smallest absolute Gasteiger partial charge is 0.0628 e. The van der Waals surface area contributed by atoms with Crippen LogP contribution in [0.2, 0.25) is 0 Å². The van der Waals surface area contributed by atoms with Crippen molar-refractivity contribution in [3.63, 3.8) is 0 Å². The van der Waals surface area contributed by atoms with Crippen LogP contribution in [0.5, 0.6) is 0 Å². The number of likely N-dealkylation sites (tertiary alicyclic amines) is 1. The Kier molecular flexibility index (Phi) is 4.37. The van der Waals surface area contributed by atoms with Crippen molar-refractivity contribution in [3.05, 3.63) is 0 Å². The molecule has 0 aromatic heterocycles. The van der Waals surface area contributed by atoms with Crippen molar-refractivity contribution in [2.75, 3.05) is 39.8 Å². The number of aliphatic hydroxyl groups is 1. The molecule has 3 aliphatic rings. The molecule has 2 bridgehead atoms. The van der Waals surface area contributed by atoms with Crippen LogP contribution in [0.3, 0.4) is 0 Å². The van der Waals surface area contributed by atoms with E-state index in [1.807, 2.05) is 0 Å². The highest BCUT2D eigenvalue weighted by atomic mass is 16.3. The van der Waals surface area contributed by atoms with Crippen molar-refractivity contribution in [1.82, 2.24) is 15.1 Å². The largest absolute Gasteiger partial charge is 0.394 e. The molecule has 116 valence electrons. The van der Waals surface area contributed by atoms with Gasteiger partial charge in [-0.1, -0.05) is 6.92 Å². The lowest BCUT2D eigenvalue weighted by atomic mass is 9.92. The number of fused-ring (bicyclic) bond motifs is 2. The summed E-state index contributed by atoms with van der Waals surface area (Å²) in [6.45, 7) is 6.81. The molecule has 0 spiro atoms. The van der Waals surface area contributed by atoms with Gasteiger partial charge in [-0.25, -0.2) is 0 Å². The normalized spacial score (nSPS) is 35.0. The van der Waals surface area contributed by atoms with Gasteiger partial charge in [0.1, 0.15) is 0 Å². The van der Waals surface area contributed by atoms with E-state index in [1.165, 1.54) is 45.2 Å². The molecule has 4 heteroatoms. The molecule has 1 aliphatic carbocycles. The molecule has 3 rings (SSSR count). The lowest BCUT2D eigenvalue weighted by Crippen LogP contribution is -2.58. The second kappa shape index (κ2) is 5.91. The fourth-order valence-electron chi connectivity index (χ4n) is 4.47. The minimum atomic E-state index is -0.0447. The van der Waals surface area contributed by atoms with Crippen LogP contribution in [0.15, 0.2) is 0 Å². The number of nitrogens with one attached hydrogen (secondary N) is 1. The summed E-state index contributed by atoms with van der Waals surface area (Å²) in [6.07, 6.45) is 6.61. The zero-order valence-electron chi connectivity index (χ0n) is 13.1. The molecular formula is C16H31N3O. The molecule has 2 N–H and O–H groups in total. The van der Waals surface area contributed by atoms with Gasteiger partial charge < -0.3 is 10.4 Å². The lowest BCUT2D eigenvalue weighted by molar-refractivity contribution is 0.0872. The van der Waals surface area contributed by atoms with Gasteiger partial charge in [0.25, 0.3) is 0 Å². The molecule has 0 amide bonds. The predicted octanol–water partition coefficient (Wildman–Crippen LogP) is 0.906. The molecule has 3 atom stereocenters. The number of aliphatic hydroxyl groups excluding tert-OH is 1. The van der Waals surface area contributed by atoms with E-state index in [-0.39, 0.29) is 12.1 Å². The first-order valence-electron chi connectivity index (χ1n) is 8.48. The molecule has 3 unspecified atom stereocenters. The first-order valence-corrected chi connectivity index (χ1v) is 8.48. The summed E-state index contributed by atoms with van der Waals surface area (Å²) >= 11 is 0. The van der Waals surface area contributed by atoms with Crippen LogP contribution < -0.4 is 5.32 Å². The molecular weight excluding hydrogens is 250 g/mol. The lowest BCUT2D eigenvalue weighted by Gasteiger charge is -2.39. The number of nitrogens with zero attached hydrogens (tertiary/aromatic N) is 2. The highest BCUT2D eigenvalue weighted by molar-refractivity contribution is 5.04. The Morgan fingerprint density at radius 2 is 1.90 bits per heavy atom. The maximum Gasteiger partial charge on any atom is 0.0628 e. The zero-order chi connectivity index (χ0) is 14.2. The van der Waals surface area contributed by atoms with Crippen LogP contribution in [0.1, 0.15) is 39.0 Å². The Morgan fingerprint density at radius 3 is 2.55 bits per heavy atom. The van der Waals surface area contributed by atoms with E-state index in [4.69, 9.17) is 0 Å². The number of hydrogen-bond donors (Lipinski definition) is 2. The second-order valence-electron chi connectivity index (χ2n) is 7.19. The van der Waals surface area contributed by atoms with Gasteiger partial charge >= 0.3 is 0 Å². The molecule has 0 aromatic rings. The molecule has 2 saturated heterocycles. The monoisotopic (exact) mass is 281 g/mol. The zero-order valence-corrected chi connectivity index (χ0v) is 13.1. The van der Waals surface area contributed by atoms with E-state index >= 15 is 0 Å². The molecule has 0 aromatic carbocycles. The first kappa shape index (κ1) is 14.8.